The van der Waals surface area contributed by atoms with Gasteiger partial charge in [0, 0.05) is 18.6 Å². The number of nitrogens with zero attached hydrogens (tertiary/aromatic N) is 1. The summed E-state index contributed by atoms with van der Waals surface area (Å²) in [6, 6.07) is 7.67. The molecule has 7 nitrogen and oxygen atoms in total. The summed E-state index contributed by atoms with van der Waals surface area (Å²) in [4.78, 5) is 27.6. The molecule has 3 aromatic rings. The summed E-state index contributed by atoms with van der Waals surface area (Å²) in [6.07, 6.45) is 1.47. The number of carbonyl (C=O) groups excluding carboxylic acids is 1. The Kier molecular flexibility index (Phi) is 4.00. The Hall–Kier alpha value is -2.87. The van der Waals surface area contributed by atoms with E-state index < -0.39 is 21.4 Å². The number of nitrogens with one attached hydrogen (secondary N) is 1. The van der Waals surface area contributed by atoms with Crippen molar-refractivity contribution in [1.29, 1.82) is 0 Å². The lowest BCUT2D eigenvalue weighted by atomic mass is 10.2. The highest BCUT2D eigenvalue weighted by Crippen LogP contribution is 2.28. The van der Waals surface area contributed by atoms with Crippen LogP contribution in [-0.2, 0) is 21.6 Å². The van der Waals surface area contributed by atoms with Gasteiger partial charge in [0.15, 0.2) is 5.03 Å². The minimum Gasteiger partial charge on any atom is -0.465 e. The summed E-state index contributed by atoms with van der Waals surface area (Å²) in [5, 5.41) is -0.180. The average molecular weight is 360 g/mol. The van der Waals surface area contributed by atoms with Crippen molar-refractivity contribution in [2.24, 2.45) is 7.05 Å². The van der Waals surface area contributed by atoms with E-state index in [0.29, 0.717) is 0 Å². The lowest BCUT2D eigenvalue weighted by molar-refractivity contribution is 0.0597. The van der Waals surface area contributed by atoms with Gasteiger partial charge >= 0.3 is 5.97 Å². The average Bonchev–Trinajstić information content (AvgIpc) is 3.07. The van der Waals surface area contributed by atoms with Crippen molar-refractivity contribution in [3.63, 3.8) is 0 Å². The first kappa shape index (κ1) is 17.0. The molecule has 0 aliphatic carbocycles. The minimum atomic E-state index is -4.12. The summed E-state index contributed by atoms with van der Waals surface area (Å²) in [7, 11) is -1.64. The summed E-state index contributed by atoms with van der Waals surface area (Å²) >= 11 is 0. The summed E-state index contributed by atoms with van der Waals surface area (Å²) in [5.74, 6) is -0.828. The monoisotopic (exact) mass is 360 g/mol. The molecule has 0 spiro atoms. The Morgan fingerprint density at radius 3 is 2.40 bits per heavy atom. The van der Waals surface area contributed by atoms with Gasteiger partial charge in [-0.05, 0) is 25.1 Å². The first-order valence-corrected chi connectivity index (χ1v) is 8.87. The van der Waals surface area contributed by atoms with Gasteiger partial charge in [0.2, 0.25) is 9.84 Å². The summed E-state index contributed by atoms with van der Waals surface area (Å²) < 4.78 is 32.0. The predicted octanol–water partition coefficient (Wildman–Crippen LogP) is 1.79. The van der Waals surface area contributed by atoms with Crippen LogP contribution in [0.3, 0.4) is 0 Å². The fraction of sp³-hybridized carbons (Fsp3) is 0.176. The van der Waals surface area contributed by atoms with Gasteiger partial charge in [0.25, 0.3) is 5.56 Å². The molecule has 0 amide bonds. The molecule has 0 unspecified atom stereocenters. The van der Waals surface area contributed by atoms with Crippen molar-refractivity contribution in [2.75, 3.05) is 7.11 Å². The molecule has 2 heterocycles. The largest absolute Gasteiger partial charge is 0.465 e. The minimum absolute atomic E-state index is 0.00635. The molecule has 1 N–H and O–H groups in total. The van der Waals surface area contributed by atoms with Gasteiger partial charge in [-0.3, -0.25) is 9.36 Å². The van der Waals surface area contributed by atoms with E-state index in [1.54, 1.807) is 12.1 Å². The molecule has 0 saturated carbocycles. The van der Waals surface area contributed by atoms with Crippen LogP contribution in [0.15, 0.2) is 51.2 Å². The number of hydrogen-bond donors (Lipinski definition) is 1. The molecule has 0 aliphatic heterocycles. The van der Waals surface area contributed by atoms with Crippen LogP contribution in [-0.4, -0.2) is 31.0 Å². The van der Waals surface area contributed by atoms with Gasteiger partial charge in [0.05, 0.1) is 12.0 Å². The Morgan fingerprint density at radius 1 is 1.16 bits per heavy atom. The van der Waals surface area contributed by atoms with Crippen molar-refractivity contribution in [3.05, 3.63) is 58.0 Å². The second-order valence-corrected chi connectivity index (χ2v) is 7.48. The number of methoxy groups -OCH3 is 1. The molecular formula is C17H16N2O5S. The zero-order chi connectivity index (χ0) is 18.4. The van der Waals surface area contributed by atoms with Crippen molar-refractivity contribution >= 4 is 26.7 Å². The maximum absolute atomic E-state index is 13.1. The molecule has 2 aromatic heterocycles. The summed E-state index contributed by atoms with van der Waals surface area (Å²) in [6.45, 7) is 1.83. The normalized spacial score (nSPS) is 11.6. The van der Waals surface area contributed by atoms with Crippen molar-refractivity contribution in [1.82, 2.24) is 9.55 Å². The smallest absolute Gasteiger partial charge is 0.341 e. The molecule has 25 heavy (non-hydrogen) atoms. The van der Waals surface area contributed by atoms with Crippen molar-refractivity contribution in [2.45, 2.75) is 16.8 Å². The van der Waals surface area contributed by atoms with Crippen LogP contribution < -0.4 is 5.56 Å². The van der Waals surface area contributed by atoms with Crippen LogP contribution in [0.4, 0.5) is 0 Å². The van der Waals surface area contributed by atoms with Crippen LogP contribution in [0.25, 0.3) is 10.9 Å². The highest BCUT2D eigenvalue weighted by molar-refractivity contribution is 7.91. The van der Waals surface area contributed by atoms with Crippen molar-refractivity contribution < 1.29 is 17.9 Å². The fourth-order valence-electron chi connectivity index (χ4n) is 2.74. The zero-order valence-corrected chi connectivity index (χ0v) is 14.7. The number of pyridine rings is 1. The van der Waals surface area contributed by atoms with E-state index in [1.807, 2.05) is 6.92 Å². The van der Waals surface area contributed by atoms with Crippen LogP contribution in [0.1, 0.15) is 15.9 Å². The van der Waals surface area contributed by atoms with Gasteiger partial charge in [0.1, 0.15) is 11.1 Å². The molecule has 0 aliphatic rings. The number of benzene rings is 1. The maximum atomic E-state index is 13.1. The van der Waals surface area contributed by atoms with Crippen LogP contribution in [0.2, 0.25) is 0 Å². The number of aryl methyl sites for hydroxylation is 1. The first-order chi connectivity index (χ1) is 11.8. The molecule has 0 radical (unpaired) electrons. The quantitative estimate of drug-likeness (QED) is 0.718. The Bertz CT molecular complexity index is 1140. The molecule has 1 aromatic carbocycles. The number of fused-ring (bicyclic) bond motifs is 1. The fourth-order valence-corrected chi connectivity index (χ4v) is 4.36. The number of esters is 1. The van der Waals surface area contributed by atoms with Gasteiger partial charge in [-0.1, -0.05) is 17.7 Å². The van der Waals surface area contributed by atoms with E-state index in [1.165, 1.54) is 31.4 Å². The van der Waals surface area contributed by atoms with Crippen LogP contribution in [0.5, 0.6) is 0 Å². The van der Waals surface area contributed by atoms with Gasteiger partial charge in [-0.2, -0.15) is 0 Å². The SMILES string of the molecule is COC(=O)c1c(S(=O)(=O)c2ccc(C)cc2)n(C)c(=O)c2[nH]ccc12. The molecule has 130 valence electrons. The standard InChI is InChI=1S/C17H16N2O5S/c1-10-4-6-11(7-5-10)25(22,23)16-13(17(21)24-3)12-8-9-18-14(12)15(20)19(16)2/h4-9,18H,1-3H3. The Morgan fingerprint density at radius 2 is 1.80 bits per heavy atom. The number of ether oxygens (including phenoxy) is 1. The zero-order valence-electron chi connectivity index (χ0n) is 13.9. The van der Waals surface area contributed by atoms with E-state index in [2.05, 4.69) is 4.98 Å². The third-order valence-electron chi connectivity index (χ3n) is 4.03. The van der Waals surface area contributed by atoms with Gasteiger partial charge in [-0.15, -0.1) is 0 Å². The molecule has 0 bridgehead atoms. The Labute approximate surface area is 143 Å². The highest BCUT2D eigenvalue weighted by Gasteiger charge is 2.31. The third-order valence-corrected chi connectivity index (χ3v) is 5.91. The highest BCUT2D eigenvalue weighted by atomic mass is 32.2. The molecular weight excluding hydrogens is 344 g/mol. The molecule has 8 heteroatoms. The van der Waals surface area contributed by atoms with E-state index in [0.717, 1.165) is 17.2 Å². The number of H-pyrrole nitrogens is 1. The predicted molar refractivity (Wildman–Crippen MR) is 91.5 cm³/mol. The Balaban J connectivity index is 2.46. The number of rotatable bonds is 3. The number of sulfone groups is 1. The second-order valence-electron chi connectivity index (χ2n) is 5.62. The van der Waals surface area contributed by atoms with Gasteiger partial charge < -0.3 is 9.72 Å². The number of carbonyl (C=O) groups is 1. The van der Waals surface area contributed by atoms with E-state index >= 15 is 0 Å². The number of aromatic amines is 1. The number of hydrogen-bond acceptors (Lipinski definition) is 5. The molecule has 0 saturated heterocycles. The molecule has 0 fully saturated rings. The van der Waals surface area contributed by atoms with E-state index in [9.17, 15) is 18.0 Å². The third kappa shape index (κ3) is 2.54. The lowest BCUT2D eigenvalue weighted by Gasteiger charge is -2.14. The van der Waals surface area contributed by atoms with Crippen LogP contribution in [0, 0.1) is 6.92 Å². The van der Waals surface area contributed by atoms with Crippen LogP contribution >= 0.6 is 0 Å². The lowest BCUT2D eigenvalue weighted by Crippen LogP contribution is -2.27. The molecule has 3 rings (SSSR count). The van der Waals surface area contributed by atoms with Gasteiger partial charge in [-0.25, -0.2) is 13.2 Å². The van der Waals surface area contributed by atoms with E-state index in [4.69, 9.17) is 4.74 Å². The topological polar surface area (TPSA) is 98.2 Å². The van der Waals surface area contributed by atoms with E-state index in [-0.39, 0.29) is 26.4 Å². The maximum Gasteiger partial charge on any atom is 0.341 e. The first-order valence-electron chi connectivity index (χ1n) is 7.39. The van der Waals surface area contributed by atoms with Crippen molar-refractivity contribution in [3.8, 4) is 0 Å². The number of aromatic nitrogens is 2. The second kappa shape index (κ2) is 5.89. The molecule has 0 atom stereocenters. The summed E-state index contributed by atoms with van der Waals surface area (Å²) in [5.41, 5.74) is 0.327.